The minimum absolute atomic E-state index is 0.105. The molecule has 0 spiro atoms. The molecule has 3 rings (SSSR count). The third kappa shape index (κ3) is 4.56. The number of halogens is 1. The Bertz CT molecular complexity index is 1080. The number of nitrogens with two attached hydrogens (primary N) is 1. The summed E-state index contributed by atoms with van der Waals surface area (Å²) in [6.45, 7) is 2.42. The van der Waals surface area contributed by atoms with Crippen LogP contribution >= 0.6 is 0 Å². The van der Waals surface area contributed by atoms with Crippen molar-refractivity contribution in [2.45, 2.75) is 26.2 Å². The number of benzene rings is 2. The molecule has 0 fully saturated rings. The third-order valence-corrected chi connectivity index (χ3v) is 4.72. The largest absolute Gasteiger partial charge is 0.490 e. The van der Waals surface area contributed by atoms with Crippen LogP contribution < -0.4 is 10.5 Å². The van der Waals surface area contributed by atoms with E-state index in [2.05, 4.69) is 4.98 Å². The van der Waals surface area contributed by atoms with Crippen LogP contribution in [0.15, 0.2) is 42.6 Å². The number of esters is 1. The van der Waals surface area contributed by atoms with Gasteiger partial charge in [0.15, 0.2) is 5.75 Å². The molecule has 0 aliphatic carbocycles. The number of unbranched alkanes of at least 4 members (excludes halogenated alkanes) is 1. The Morgan fingerprint density at radius 3 is 2.47 bits per heavy atom. The molecule has 156 valence electrons. The van der Waals surface area contributed by atoms with Gasteiger partial charge in [-0.05, 0) is 48.2 Å². The summed E-state index contributed by atoms with van der Waals surface area (Å²) in [6, 6.07) is 9.34. The van der Waals surface area contributed by atoms with Crippen molar-refractivity contribution in [1.29, 1.82) is 0 Å². The van der Waals surface area contributed by atoms with Gasteiger partial charge in [-0.1, -0.05) is 25.5 Å². The van der Waals surface area contributed by atoms with Crippen LogP contribution in [-0.4, -0.2) is 30.6 Å². The molecule has 6 nitrogen and oxygen atoms in total. The van der Waals surface area contributed by atoms with Gasteiger partial charge in [0.25, 0.3) is 0 Å². The van der Waals surface area contributed by atoms with Crippen molar-refractivity contribution in [2.75, 3.05) is 13.7 Å². The van der Waals surface area contributed by atoms with Crippen molar-refractivity contribution in [3.63, 3.8) is 0 Å². The molecule has 0 unspecified atom stereocenters. The van der Waals surface area contributed by atoms with Crippen LogP contribution in [0.2, 0.25) is 0 Å². The summed E-state index contributed by atoms with van der Waals surface area (Å²) in [5.74, 6) is -1.37. The minimum atomic E-state index is -0.689. The Morgan fingerprint density at radius 2 is 1.83 bits per heavy atom. The molecule has 0 atom stereocenters. The number of ether oxygens (including phenoxy) is 2. The van der Waals surface area contributed by atoms with E-state index in [1.165, 1.54) is 25.3 Å². The molecule has 30 heavy (non-hydrogen) atoms. The SMILES string of the molecule is CCCCOc1c(C(=O)OC)cc(C(N)=O)c2cc(Cc3ccc(F)cc3)cnc12. The maximum atomic E-state index is 13.2. The average Bonchev–Trinajstić information content (AvgIpc) is 2.74. The predicted octanol–water partition coefficient (Wildman–Crippen LogP) is 4.03. The van der Waals surface area contributed by atoms with Crippen LogP contribution in [0.4, 0.5) is 4.39 Å². The van der Waals surface area contributed by atoms with E-state index < -0.39 is 11.9 Å². The van der Waals surface area contributed by atoms with Crippen molar-refractivity contribution in [3.8, 4) is 5.75 Å². The van der Waals surface area contributed by atoms with E-state index >= 15 is 0 Å². The molecule has 2 N–H and O–H groups in total. The fourth-order valence-corrected chi connectivity index (χ4v) is 3.17. The number of primary amides is 1. The number of nitrogens with zero attached hydrogens (tertiary/aromatic N) is 1. The molecule has 3 aromatic rings. The number of rotatable bonds is 8. The fraction of sp³-hybridized carbons (Fsp3) is 0.261. The standard InChI is InChI=1S/C23H23FN2O4/c1-3-4-9-30-21-19(23(28)29-2)12-18(22(25)27)17-11-15(13-26-20(17)21)10-14-5-7-16(24)8-6-14/h5-8,11-13H,3-4,9-10H2,1-2H3,(H2,25,27). The molecule has 0 saturated carbocycles. The Labute approximate surface area is 173 Å². The summed E-state index contributed by atoms with van der Waals surface area (Å²) in [4.78, 5) is 28.9. The molecule has 0 saturated heterocycles. The quantitative estimate of drug-likeness (QED) is 0.447. The minimum Gasteiger partial charge on any atom is -0.490 e. The number of fused-ring (bicyclic) bond motifs is 1. The Balaban J connectivity index is 2.13. The van der Waals surface area contributed by atoms with Crippen LogP contribution in [-0.2, 0) is 11.2 Å². The summed E-state index contributed by atoms with van der Waals surface area (Å²) in [7, 11) is 1.26. The molecule has 1 amide bonds. The lowest BCUT2D eigenvalue weighted by atomic mass is 9.99. The zero-order valence-corrected chi connectivity index (χ0v) is 16.9. The molecular formula is C23H23FN2O4. The second-order valence-electron chi connectivity index (χ2n) is 6.90. The van der Waals surface area contributed by atoms with E-state index in [9.17, 15) is 14.0 Å². The van der Waals surface area contributed by atoms with Crippen LogP contribution in [0.25, 0.3) is 10.9 Å². The zero-order valence-electron chi connectivity index (χ0n) is 16.9. The van der Waals surface area contributed by atoms with E-state index in [1.807, 2.05) is 6.92 Å². The second-order valence-corrected chi connectivity index (χ2v) is 6.90. The van der Waals surface area contributed by atoms with E-state index in [4.69, 9.17) is 15.2 Å². The van der Waals surface area contributed by atoms with Gasteiger partial charge in [-0.15, -0.1) is 0 Å². The predicted molar refractivity (Wildman–Crippen MR) is 111 cm³/mol. The average molecular weight is 410 g/mol. The normalized spacial score (nSPS) is 10.8. The van der Waals surface area contributed by atoms with Crippen LogP contribution in [0.1, 0.15) is 51.6 Å². The molecule has 0 aliphatic rings. The van der Waals surface area contributed by atoms with Gasteiger partial charge < -0.3 is 15.2 Å². The summed E-state index contributed by atoms with van der Waals surface area (Å²) in [6.07, 6.45) is 3.85. The van der Waals surface area contributed by atoms with Crippen LogP contribution in [0.3, 0.4) is 0 Å². The lowest BCUT2D eigenvalue weighted by molar-refractivity contribution is 0.0596. The lowest BCUT2D eigenvalue weighted by Crippen LogP contribution is -2.15. The highest BCUT2D eigenvalue weighted by molar-refractivity contribution is 6.11. The van der Waals surface area contributed by atoms with Gasteiger partial charge in [0, 0.05) is 17.1 Å². The number of aromatic nitrogens is 1. The molecule has 7 heteroatoms. The maximum absolute atomic E-state index is 13.2. The second kappa shape index (κ2) is 9.35. The highest BCUT2D eigenvalue weighted by Crippen LogP contribution is 2.33. The van der Waals surface area contributed by atoms with Crippen molar-refractivity contribution in [2.24, 2.45) is 5.73 Å². The van der Waals surface area contributed by atoms with Gasteiger partial charge in [-0.3, -0.25) is 9.78 Å². The third-order valence-electron chi connectivity index (χ3n) is 4.72. The number of hydrogen-bond donors (Lipinski definition) is 1. The summed E-state index contributed by atoms with van der Waals surface area (Å²) in [5, 5.41) is 0.487. The van der Waals surface area contributed by atoms with Crippen molar-refractivity contribution in [1.82, 2.24) is 4.98 Å². The first-order chi connectivity index (χ1) is 14.4. The van der Waals surface area contributed by atoms with Crippen molar-refractivity contribution < 1.29 is 23.5 Å². The van der Waals surface area contributed by atoms with Gasteiger partial charge in [-0.25, -0.2) is 9.18 Å². The van der Waals surface area contributed by atoms with E-state index in [0.717, 1.165) is 24.0 Å². The molecule has 0 aliphatic heterocycles. The fourth-order valence-electron chi connectivity index (χ4n) is 3.17. The van der Waals surface area contributed by atoms with E-state index in [1.54, 1.807) is 24.4 Å². The monoisotopic (exact) mass is 410 g/mol. The molecule has 0 bridgehead atoms. The molecule has 1 aromatic heterocycles. The number of pyridine rings is 1. The van der Waals surface area contributed by atoms with Crippen molar-refractivity contribution in [3.05, 3.63) is 70.7 Å². The van der Waals surface area contributed by atoms with Crippen LogP contribution in [0.5, 0.6) is 5.75 Å². The van der Waals surface area contributed by atoms with Gasteiger partial charge in [0.05, 0.1) is 13.7 Å². The first-order valence-corrected chi connectivity index (χ1v) is 9.65. The Morgan fingerprint density at radius 1 is 1.10 bits per heavy atom. The van der Waals surface area contributed by atoms with Crippen molar-refractivity contribution >= 4 is 22.8 Å². The molecule has 2 aromatic carbocycles. The lowest BCUT2D eigenvalue weighted by Gasteiger charge is -2.15. The Hall–Kier alpha value is -3.48. The zero-order chi connectivity index (χ0) is 21.7. The van der Waals surface area contributed by atoms with Gasteiger partial charge in [0.2, 0.25) is 5.91 Å². The highest BCUT2D eigenvalue weighted by Gasteiger charge is 2.23. The first kappa shape index (κ1) is 21.2. The first-order valence-electron chi connectivity index (χ1n) is 9.65. The Kier molecular flexibility index (Phi) is 6.61. The smallest absolute Gasteiger partial charge is 0.341 e. The van der Waals surface area contributed by atoms with E-state index in [-0.39, 0.29) is 22.7 Å². The number of amides is 1. The highest BCUT2D eigenvalue weighted by atomic mass is 19.1. The topological polar surface area (TPSA) is 91.5 Å². The van der Waals surface area contributed by atoms with E-state index in [0.29, 0.717) is 23.9 Å². The van der Waals surface area contributed by atoms with Crippen LogP contribution in [0, 0.1) is 5.82 Å². The number of hydrogen-bond acceptors (Lipinski definition) is 5. The molecule has 1 heterocycles. The molecule has 0 radical (unpaired) electrons. The number of methoxy groups -OCH3 is 1. The van der Waals surface area contributed by atoms with Gasteiger partial charge in [0.1, 0.15) is 16.9 Å². The maximum Gasteiger partial charge on any atom is 0.341 e. The number of carbonyl (C=O) groups is 2. The summed E-state index contributed by atoms with van der Waals surface area (Å²) in [5.41, 5.74) is 7.91. The summed E-state index contributed by atoms with van der Waals surface area (Å²) >= 11 is 0. The van der Waals surface area contributed by atoms with Gasteiger partial charge in [-0.2, -0.15) is 0 Å². The number of carbonyl (C=O) groups excluding carboxylic acids is 2. The summed E-state index contributed by atoms with van der Waals surface area (Å²) < 4.78 is 23.9. The van der Waals surface area contributed by atoms with Gasteiger partial charge >= 0.3 is 5.97 Å². The molecular weight excluding hydrogens is 387 g/mol.